The number of rotatable bonds is 6. The summed E-state index contributed by atoms with van der Waals surface area (Å²) < 4.78 is 7.06. The Balaban J connectivity index is 1.31. The Labute approximate surface area is 163 Å². The first-order chi connectivity index (χ1) is 13.6. The van der Waals surface area contributed by atoms with Gasteiger partial charge in [-0.1, -0.05) is 18.2 Å². The molecule has 28 heavy (non-hydrogen) atoms. The first kappa shape index (κ1) is 18.2. The molecule has 1 aliphatic carbocycles. The average molecular weight is 377 g/mol. The summed E-state index contributed by atoms with van der Waals surface area (Å²) in [5, 5.41) is 3.31. The lowest BCUT2D eigenvalue weighted by atomic mass is 10.1. The Morgan fingerprint density at radius 2 is 2.07 bits per heavy atom. The highest BCUT2D eigenvalue weighted by atomic mass is 16.5. The molecule has 0 bridgehead atoms. The van der Waals surface area contributed by atoms with Crippen LogP contribution in [-0.4, -0.2) is 28.6 Å². The fraction of sp³-hybridized carbons (Fsp3) is 0.318. The Bertz CT molecular complexity index is 1090. The van der Waals surface area contributed by atoms with Crippen LogP contribution in [0.1, 0.15) is 23.1 Å². The molecule has 6 nitrogen and oxygen atoms in total. The van der Waals surface area contributed by atoms with Crippen LogP contribution in [0.25, 0.3) is 10.9 Å². The van der Waals surface area contributed by atoms with E-state index in [1.54, 1.807) is 6.07 Å². The van der Waals surface area contributed by atoms with E-state index in [4.69, 9.17) is 4.74 Å². The molecule has 0 spiro atoms. The van der Waals surface area contributed by atoms with Gasteiger partial charge in [0, 0.05) is 0 Å². The summed E-state index contributed by atoms with van der Waals surface area (Å²) in [5.41, 5.74) is 4.17. The number of benzene rings is 2. The molecule has 0 atom stereocenters. The summed E-state index contributed by atoms with van der Waals surface area (Å²) in [7, 11) is 0. The zero-order valence-corrected chi connectivity index (χ0v) is 15.9. The van der Waals surface area contributed by atoms with Crippen molar-refractivity contribution >= 4 is 16.8 Å². The quantitative estimate of drug-likeness (QED) is 0.670. The van der Waals surface area contributed by atoms with Crippen molar-refractivity contribution in [2.75, 3.05) is 13.2 Å². The van der Waals surface area contributed by atoms with Crippen LogP contribution in [0, 0.1) is 6.92 Å². The second-order valence-electron chi connectivity index (χ2n) is 7.13. The number of ether oxygens (including phenoxy) is 1. The summed E-state index contributed by atoms with van der Waals surface area (Å²) in [5.74, 6) is 0.591. The highest BCUT2D eigenvalue weighted by Crippen LogP contribution is 2.25. The third-order valence-corrected chi connectivity index (χ3v) is 5.13. The number of nitrogens with zero attached hydrogens (tertiary/aromatic N) is 2. The third kappa shape index (κ3) is 3.76. The Hall–Kier alpha value is -3.15. The van der Waals surface area contributed by atoms with Gasteiger partial charge in [-0.05, 0) is 61.1 Å². The predicted octanol–water partition coefficient (Wildman–Crippen LogP) is 2.39. The topological polar surface area (TPSA) is 73.2 Å². The number of para-hydroxylation sites is 1. The zero-order chi connectivity index (χ0) is 19.5. The molecule has 0 saturated carbocycles. The maximum atomic E-state index is 12.5. The van der Waals surface area contributed by atoms with E-state index in [2.05, 4.69) is 22.4 Å². The molecule has 3 aromatic rings. The van der Waals surface area contributed by atoms with Gasteiger partial charge < -0.3 is 10.1 Å². The molecule has 0 radical (unpaired) electrons. The molecule has 1 aliphatic rings. The van der Waals surface area contributed by atoms with Crippen LogP contribution >= 0.6 is 0 Å². The van der Waals surface area contributed by atoms with Crippen molar-refractivity contribution in [3.63, 3.8) is 0 Å². The van der Waals surface area contributed by atoms with Crippen LogP contribution in [0.4, 0.5) is 0 Å². The standard InChI is InChI=1S/C22H23N3O3/c1-15-4-2-7-19-21(15)24-14-25(22(19)27)13-20(26)23-10-11-28-18-9-8-16-5-3-6-17(16)12-18/h2,4,7-9,12,14H,3,5-6,10-11,13H2,1H3,(H,23,26). The molecule has 0 saturated heterocycles. The van der Waals surface area contributed by atoms with Crippen molar-refractivity contribution in [3.05, 3.63) is 69.8 Å². The van der Waals surface area contributed by atoms with Crippen LogP contribution in [-0.2, 0) is 24.2 Å². The van der Waals surface area contributed by atoms with Gasteiger partial charge in [0.15, 0.2) is 0 Å². The Morgan fingerprint density at radius 3 is 2.96 bits per heavy atom. The third-order valence-electron chi connectivity index (χ3n) is 5.13. The predicted molar refractivity (Wildman–Crippen MR) is 108 cm³/mol. The number of amides is 1. The fourth-order valence-electron chi connectivity index (χ4n) is 3.66. The highest BCUT2D eigenvalue weighted by Gasteiger charge is 2.12. The maximum absolute atomic E-state index is 12.5. The number of aryl methyl sites for hydroxylation is 3. The molecule has 0 fully saturated rings. The van der Waals surface area contributed by atoms with Gasteiger partial charge in [-0.25, -0.2) is 4.98 Å². The van der Waals surface area contributed by atoms with Gasteiger partial charge in [-0.3, -0.25) is 14.2 Å². The molecule has 1 N–H and O–H groups in total. The van der Waals surface area contributed by atoms with Crippen LogP contribution in [0.2, 0.25) is 0 Å². The van der Waals surface area contributed by atoms with Crippen molar-refractivity contribution < 1.29 is 9.53 Å². The number of carbonyl (C=O) groups is 1. The smallest absolute Gasteiger partial charge is 0.261 e. The number of hydrogen-bond donors (Lipinski definition) is 1. The molecule has 2 aromatic carbocycles. The average Bonchev–Trinajstić information content (AvgIpc) is 3.16. The van der Waals surface area contributed by atoms with Gasteiger partial charge in [0.05, 0.1) is 23.8 Å². The van der Waals surface area contributed by atoms with Crippen molar-refractivity contribution in [1.29, 1.82) is 0 Å². The van der Waals surface area contributed by atoms with Crippen LogP contribution in [0.15, 0.2) is 47.5 Å². The molecule has 1 heterocycles. The number of carbonyl (C=O) groups excluding carboxylic acids is 1. The van der Waals surface area contributed by atoms with Crippen LogP contribution in [0.3, 0.4) is 0 Å². The molecule has 0 unspecified atom stereocenters. The zero-order valence-electron chi connectivity index (χ0n) is 15.9. The SMILES string of the molecule is Cc1cccc2c(=O)n(CC(=O)NCCOc3ccc4c(c3)CCC4)cnc12. The number of nitrogens with one attached hydrogen (secondary N) is 1. The number of aromatic nitrogens is 2. The molecular formula is C22H23N3O3. The van der Waals surface area contributed by atoms with E-state index < -0.39 is 0 Å². The molecule has 6 heteroatoms. The second kappa shape index (κ2) is 7.84. The largest absolute Gasteiger partial charge is 0.492 e. The minimum absolute atomic E-state index is 0.0610. The van der Waals surface area contributed by atoms with E-state index in [-0.39, 0.29) is 18.0 Å². The summed E-state index contributed by atoms with van der Waals surface area (Å²) in [6.07, 6.45) is 4.89. The minimum Gasteiger partial charge on any atom is -0.492 e. The first-order valence-corrected chi connectivity index (χ1v) is 9.58. The van der Waals surface area contributed by atoms with Gasteiger partial charge in [0.25, 0.3) is 5.56 Å². The van der Waals surface area contributed by atoms with E-state index in [1.165, 1.54) is 28.4 Å². The van der Waals surface area contributed by atoms with Crippen LogP contribution < -0.4 is 15.6 Å². The maximum Gasteiger partial charge on any atom is 0.261 e. The van der Waals surface area contributed by atoms with Crippen molar-refractivity contribution in [1.82, 2.24) is 14.9 Å². The van der Waals surface area contributed by atoms with E-state index in [0.29, 0.717) is 24.1 Å². The van der Waals surface area contributed by atoms with Crippen molar-refractivity contribution in [2.24, 2.45) is 0 Å². The molecule has 144 valence electrons. The Kier molecular flexibility index (Phi) is 5.10. The normalized spacial score (nSPS) is 12.8. The van der Waals surface area contributed by atoms with Crippen LogP contribution in [0.5, 0.6) is 5.75 Å². The van der Waals surface area contributed by atoms with Gasteiger partial charge in [0.2, 0.25) is 5.91 Å². The summed E-state index contributed by atoms with van der Waals surface area (Å²) in [6, 6.07) is 11.7. The molecular weight excluding hydrogens is 354 g/mol. The Morgan fingerprint density at radius 1 is 1.21 bits per heavy atom. The van der Waals surface area contributed by atoms with Gasteiger partial charge in [0.1, 0.15) is 18.9 Å². The van der Waals surface area contributed by atoms with E-state index in [1.807, 2.05) is 25.1 Å². The number of fused-ring (bicyclic) bond motifs is 2. The second-order valence-corrected chi connectivity index (χ2v) is 7.13. The van der Waals surface area contributed by atoms with E-state index >= 15 is 0 Å². The van der Waals surface area contributed by atoms with E-state index in [9.17, 15) is 9.59 Å². The lowest BCUT2D eigenvalue weighted by Crippen LogP contribution is -2.34. The summed E-state index contributed by atoms with van der Waals surface area (Å²) in [4.78, 5) is 29.0. The summed E-state index contributed by atoms with van der Waals surface area (Å²) in [6.45, 7) is 2.61. The fourth-order valence-corrected chi connectivity index (χ4v) is 3.66. The van der Waals surface area contributed by atoms with Gasteiger partial charge in [-0.2, -0.15) is 0 Å². The molecule has 4 rings (SSSR count). The first-order valence-electron chi connectivity index (χ1n) is 9.58. The lowest BCUT2D eigenvalue weighted by Gasteiger charge is -2.10. The van der Waals surface area contributed by atoms with Gasteiger partial charge in [-0.15, -0.1) is 0 Å². The molecule has 1 aromatic heterocycles. The minimum atomic E-state index is -0.242. The van der Waals surface area contributed by atoms with Gasteiger partial charge >= 0.3 is 0 Å². The van der Waals surface area contributed by atoms with Crippen molar-refractivity contribution in [3.8, 4) is 5.75 Å². The molecule has 0 aliphatic heterocycles. The molecule has 1 amide bonds. The summed E-state index contributed by atoms with van der Waals surface area (Å²) >= 11 is 0. The lowest BCUT2D eigenvalue weighted by molar-refractivity contribution is -0.121. The highest BCUT2D eigenvalue weighted by molar-refractivity contribution is 5.81. The monoisotopic (exact) mass is 377 g/mol. The van der Waals surface area contributed by atoms with Crippen molar-refractivity contribution in [2.45, 2.75) is 32.7 Å². The number of hydrogen-bond acceptors (Lipinski definition) is 4. The van der Waals surface area contributed by atoms with E-state index in [0.717, 1.165) is 24.2 Å².